The molecule has 0 aliphatic rings. The van der Waals surface area contributed by atoms with E-state index in [9.17, 15) is 8.60 Å². The molecule has 0 saturated carbocycles. The van der Waals surface area contributed by atoms with Crippen LogP contribution in [0, 0.1) is 17.1 Å². The van der Waals surface area contributed by atoms with Gasteiger partial charge in [-0.25, -0.2) is 14.4 Å². The van der Waals surface area contributed by atoms with Crippen LogP contribution in [0.25, 0.3) is 22.4 Å². The van der Waals surface area contributed by atoms with Crippen LogP contribution < -0.4 is 5.73 Å². The average Bonchev–Trinajstić information content (AvgIpc) is 2.62. The van der Waals surface area contributed by atoms with Crippen LogP contribution in [0.15, 0.2) is 53.6 Å². The van der Waals surface area contributed by atoms with Crippen molar-refractivity contribution in [2.24, 2.45) is 0 Å². The van der Waals surface area contributed by atoms with Crippen molar-refractivity contribution in [3.63, 3.8) is 0 Å². The Hall–Kier alpha value is -3.11. The van der Waals surface area contributed by atoms with Gasteiger partial charge in [0.15, 0.2) is 11.5 Å². The first-order valence-electron chi connectivity index (χ1n) is 7.26. The molecule has 7 heteroatoms. The number of hydrogen-bond donors (Lipinski definition) is 1. The Balaban J connectivity index is 2.09. The van der Waals surface area contributed by atoms with Crippen molar-refractivity contribution in [3.8, 4) is 28.5 Å². The summed E-state index contributed by atoms with van der Waals surface area (Å²) in [7, 11) is -1.19. The summed E-state index contributed by atoms with van der Waals surface area (Å²) in [6, 6.07) is 13.6. The van der Waals surface area contributed by atoms with Gasteiger partial charge in [-0.2, -0.15) is 5.26 Å². The lowest BCUT2D eigenvalue weighted by Crippen LogP contribution is -2.00. The van der Waals surface area contributed by atoms with E-state index in [4.69, 9.17) is 11.0 Å². The zero-order valence-electron chi connectivity index (χ0n) is 13.2. The minimum atomic E-state index is -1.19. The summed E-state index contributed by atoms with van der Waals surface area (Å²) in [5.74, 6) is -0.514. The first kappa shape index (κ1) is 16.7. The Bertz CT molecular complexity index is 1030. The monoisotopic (exact) mass is 352 g/mol. The molecule has 1 aromatic heterocycles. The number of benzene rings is 2. The summed E-state index contributed by atoms with van der Waals surface area (Å²) >= 11 is 0. The number of nitrogens with zero attached hydrogens (tertiary/aromatic N) is 3. The zero-order valence-corrected chi connectivity index (χ0v) is 14.0. The fraction of sp³-hybridized carbons (Fsp3) is 0.0556. The molecular weight excluding hydrogens is 339 g/mol. The lowest BCUT2D eigenvalue weighted by molar-refractivity contribution is 0.631. The summed E-state index contributed by atoms with van der Waals surface area (Å²) in [5.41, 5.74) is 7.24. The van der Waals surface area contributed by atoms with E-state index in [-0.39, 0.29) is 22.8 Å². The molecule has 1 unspecified atom stereocenters. The molecule has 124 valence electrons. The Morgan fingerprint density at radius 1 is 1.20 bits per heavy atom. The van der Waals surface area contributed by atoms with E-state index in [0.29, 0.717) is 16.0 Å². The van der Waals surface area contributed by atoms with Gasteiger partial charge in [-0.1, -0.05) is 24.3 Å². The second kappa shape index (κ2) is 6.79. The van der Waals surface area contributed by atoms with Crippen LogP contribution in [0.4, 0.5) is 10.2 Å². The van der Waals surface area contributed by atoms with Gasteiger partial charge in [-0.05, 0) is 29.3 Å². The highest BCUT2D eigenvalue weighted by atomic mass is 32.2. The van der Waals surface area contributed by atoms with Crippen LogP contribution in [0.5, 0.6) is 0 Å². The molecule has 2 aromatic carbocycles. The number of nitrogen functional groups attached to an aromatic ring is 1. The Labute approximate surface area is 146 Å². The van der Waals surface area contributed by atoms with Crippen molar-refractivity contribution < 1.29 is 8.60 Å². The molecule has 1 heterocycles. The third-order valence-corrected chi connectivity index (χ3v) is 4.63. The number of nitrogens with two attached hydrogens (primary N) is 1. The first-order chi connectivity index (χ1) is 12.0. The third kappa shape index (κ3) is 3.25. The molecule has 0 radical (unpaired) electrons. The van der Waals surface area contributed by atoms with Crippen molar-refractivity contribution in [2.75, 3.05) is 12.0 Å². The first-order valence-corrected chi connectivity index (χ1v) is 8.82. The van der Waals surface area contributed by atoms with Crippen molar-refractivity contribution in [2.45, 2.75) is 4.90 Å². The minimum Gasteiger partial charge on any atom is -0.381 e. The number of rotatable bonds is 3. The van der Waals surface area contributed by atoms with Crippen LogP contribution in [-0.2, 0) is 10.8 Å². The number of hydrogen-bond acceptors (Lipinski definition) is 5. The fourth-order valence-electron chi connectivity index (χ4n) is 2.46. The highest BCUT2D eigenvalue weighted by Gasteiger charge is 2.13. The van der Waals surface area contributed by atoms with Gasteiger partial charge in [0, 0.05) is 16.7 Å². The maximum absolute atomic E-state index is 14.6. The summed E-state index contributed by atoms with van der Waals surface area (Å²) in [6.45, 7) is 0. The highest BCUT2D eigenvalue weighted by molar-refractivity contribution is 7.84. The van der Waals surface area contributed by atoms with Gasteiger partial charge in [0.25, 0.3) is 0 Å². The van der Waals surface area contributed by atoms with E-state index in [1.165, 1.54) is 12.3 Å². The molecule has 2 N–H and O–H groups in total. The van der Waals surface area contributed by atoms with Crippen molar-refractivity contribution in [1.82, 2.24) is 9.97 Å². The van der Waals surface area contributed by atoms with Crippen LogP contribution in [0.1, 0.15) is 5.69 Å². The van der Waals surface area contributed by atoms with Crippen molar-refractivity contribution in [1.29, 1.82) is 5.26 Å². The van der Waals surface area contributed by atoms with E-state index >= 15 is 0 Å². The molecular formula is C18H13FN4OS. The van der Waals surface area contributed by atoms with E-state index < -0.39 is 16.6 Å². The summed E-state index contributed by atoms with van der Waals surface area (Å²) in [4.78, 5) is 8.54. The fourth-order valence-corrected chi connectivity index (χ4v) is 3.22. The number of anilines is 1. The Morgan fingerprint density at radius 3 is 2.64 bits per heavy atom. The van der Waals surface area contributed by atoms with Crippen LogP contribution in [0.2, 0.25) is 0 Å². The minimum absolute atomic E-state index is 0.00244. The normalized spacial score (nSPS) is 11.7. The van der Waals surface area contributed by atoms with E-state index in [0.717, 1.165) is 0 Å². The van der Waals surface area contributed by atoms with Gasteiger partial charge in [0.1, 0.15) is 11.9 Å². The molecule has 0 spiro atoms. The molecule has 5 nitrogen and oxygen atoms in total. The molecule has 25 heavy (non-hydrogen) atoms. The summed E-state index contributed by atoms with van der Waals surface area (Å²) in [6.07, 6.45) is 2.90. The molecule has 3 aromatic rings. The number of nitriles is 1. The molecule has 1 atom stereocenters. The highest BCUT2D eigenvalue weighted by Crippen LogP contribution is 2.30. The quantitative estimate of drug-likeness (QED) is 0.782. The Morgan fingerprint density at radius 2 is 1.96 bits per heavy atom. The average molecular weight is 352 g/mol. The second-order valence-corrected chi connectivity index (χ2v) is 6.59. The SMILES string of the molecule is CS(=O)c1ccccc1-c1ccc(-c2cnc(N)c(C#N)n2)c(F)c1. The maximum atomic E-state index is 14.6. The summed E-state index contributed by atoms with van der Waals surface area (Å²) in [5, 5.41) is 8.98. The topological polar surface area (TPSA) is 92.7 Å². The standard InChI is InChI=1S/C18H13FN4OS/c1-25(24)17-5-3-2-4-12(17)11-6-7-13(14(19)8-11)16-10-22-18(21)15(9-20)23-16/h2-8,10H,1H3,(H2,21,22). The molecule has 0 bridgehead atoms. The molecule has 0 amide bonds. The lowest BCUT2D eigenvalue weighted by atomic mass is 10.0. The Kier molecular flexibility index (Phi) is 4.55. The largest absolute Gasteiger partial charge is 0.381 e. The van der Waals surface area contributed by atoms with Crippen molar-refractivity contribution >= 4 is 16.6 Å². The smallest absolute Gasteiger partial charge is 0.183 e. The number of halogens is 1. The van der Waals surface area contributed by atoms with Gasteiger partial charge in [0.05, 0.1) is 22.7 Å². The van der Waals surface area contributed by atoms with Gasteiger partial charge >= 0.3 is 0 Å². The van der Waals surface area contributed by atoms with Gasteiger partial charge in [0.2, 0.25) is 0 Å². The predicted octanol–water partition coefficient (Wildman–Crippen LogP) is 3.14. The molecule has 3 rings (SSSR count). The zero-order chi connectivity index (χ0) is 18.0. The van der Waals surface area contributed by atoms with Gasteiger partial charge in [-0.15, -0.1) is 0 Å². The van der Waals surface area contributed by atoms with Crippen molar-refractivity contribution in [3.05, 3.63) is 60.2 Å². The van der Waals surface area contributed by atoms with E-state index in [1.54, 1.807) is 36.6 Å². The van der Waals surface area contributed by atoms with E-state index in [2.05, 4.69) is 9.97 Å². The maximum Gasteiger partial charge on any atom is 0.183 e. The molecule has 0 fully saturated rings. The van der Waals surface area contributed by atoms with Crippen LogP contribution in [-0.4, -0.2) is 20.4 Å². The van der Waals surface area contributed by atoms with E-state index in [1.807, 2.05) is 12.1 Å². The van der Waals surface area contributed by atoms with Crippen LogP contribution >= 0.6 is 0 Å². The second-order valence-electron chi connectivity index (χ2n) is 5.25. The molecule has 0 aliphatic heterocycles. The molecule has 0 aliphatic carbocycles. The van der Waals surface area contributed by atoms with Gasteiger partial charge < -0.3 is 5.73 Å². The molecule has 0 saturated heterocycles. The van der Waals surface area contributed by atoms with Gasteiger partial charge in [-0.3, -0.25) is 4.21 Å². The summed E-state index contributed by atoms with van der Waals surface area (Å²) < 4.78 is 26.5. The number of aromatic nitrogens is 2. The van der Waals surface area contributed by atoms with Crippen LogP contribution in [0.3, 0.4) is 0 Å². The third-order valence-electron chi connectivity index (χ3n) is 3.66. The lowest BCUT2D eigenvalue weighted by Gasteiger charge is -2.10. The predicted molar refractivity (Wildman–Crippen MR) is 94.3 cm³/mol.